The van der Waals surface area contributed by atoms with Gasteiger partial charge in [-0.1, -0.05) is 67.4 Å². The standard InChI is InChI=1S/C25H32Cl2N2O2/c1-5-17(3)28-25(31)18(4)29(16-21-22(26)8-7-9-23(21)27)24(30)15-14-20-12-10-19(6-2)11-13-20/h7-13,17-18H,5-6,14-16H2,1-4H3,(H,28,31)/t17-,18+/m0/s1. The molecule has 0 saturated carbocycles. The van der Waals surface area contributed by atoms with E-state index in [2.05, 4.69) is 36.5 Å². The minimum atomic E-state index is -0.642. The van der Waals surface area contributed by atoms with Crippen molar-refractivity contribution in [2.45, 2.75) is 72.0 Å². The Bertz CT molecular complexity index is 863. The van der Waals surface area contributed by atoms with Crippen molar-refractivity contribution in [2.75, 3.05) is 0 Å². The van der Waals surface area contributed by atoms with Crippen LogP contribution in [-0.4, -0.2) is 28.8 Å². The maximum absolute atomic E-state index is 13.2. The van der Waals surface area contributed by atoms with E-state index in [4.69, 9.17) is 23.2 Å². The molecule has 2 aromatic rings. The summed E-state index contributed by atoms with van der Waals surface area (Å²) in [5.41, 5.74) is 3.01. The first-order valence-electron chi connectivity index (χ1n) is 10.9. The average molecular weight is 463 g/mol. The second kappa shape index (κ2) is 12.1. The average Bonchev–Trinajstić information content (AvgIpc) is 2.77. The molecule has 0 saturated heterocycles. The molecule has 0 fully saturated rings. The number of amides is 2. The lowest BCUT2D eigenvalue weighted by Gasteiger charge is -2.30. The van der Waals surface area contributed by atoms with Crippen molar-refractivity contribution in [1.82, 2.24) is 10.2 Å². The third kappa shape index (κ3) is 7.26. The van der Waals surface area contributed by atoms with Crippen LogP contribution in [0.15, 0.2) is 42.5 Å². The van der Waals surface area contributed by atoms with Crippen LogP contribution >= 0.6 is 23.2 Å². The molecule has 168 valence electrons. The first-order chi connectivity index (χ1) is 14.8. The fourth-order valence-electron chi connectivity index (χ4n) is 3.24. The maximum Gasteiger partial charge on any atom is 0.242 e. The molecule has 1 N–H and O–H groups in total. The Morgan fingerprint density at radius 2 is 1.55 bits per heavy atom. The molecule has 2 atom stereocenters. The Kier molecular flexibility index (Phi) is 9.86. The lowest BCUT2D eigenvalue weighted by molar-refractivity contribution is -0.140. The molecule has 4 nitrogen and oxygen atoms in total. The number of carbonyl (C=O) groups is 2. The van der Waals surface area contributed by atoms with E-state index in [0.717, 1.165) is 18.4 Å². The van der Waals surface area contributed by atoms with Gasteiger partial charge in [-0.05, 0) is 56.4 Å². The minimum Gasteiger partial charge on any atom is -0.352 e. The SMILES string of the molecule is CCc1ccc(CCC(=O)N(Cc2c(Cl)cccc2Cl)[C@H](C)C(=O)N[C@@H](C)CC)cc1. The predicted molar refractivity (Wildman–Crippen MR) is 129 cm³/mol. The maximum atomic E-state index is 13.2. The molecule has 6 heteroatoms. The number of hydrogen-bond donors (Lipinski definition) is 1. The molecule has 0 bridgehead atoms. The van der Waals surface area contributed by atoms with Gasteiger partial charge in [0.1, 0.15) is 6.04 Å². The number of hydrogen-bond acceptors (Lipinski definition) is 2. The van der Waals surface area contributed by atoms with Gasteiger partial charge in [0.25, 0.3) is 0 Å². The summed E-state index contributed by atoms with van der Waals surface area (Å²) in [6.07, 6.45) is 2.70. The first-order valence-corrected chi connectivity index (χ1v) is 11.6. The van der Waals surface area contributed by atoms with Gasteiger partial charge in [0.2, 0.25) is 11.8 Å². The molecule has 0 spiro atoms. The summed E-state index contributed by atoms with van der Waals surface area (Å²) in [6.45, 7) is 7.99. The summed E-state index contributed by atoms with van der Waals surface area (Å²) in [7, 11) is 0. The lowest BCUT2D eigenvalue weighted by atomic mass is 10.0. The smallest absolute Gasteiger partial charge is 0.242 e. The van der Waals surface area contributed by atoms with E-state index in [9.17, 15) is 9.59 Å². The van der Waals surface area contributed by atoms with Gasteiger partial charge in [-0.2, -0.15) is 0 Å². The van der Waals surface area contributed by atoms with Gasteiger partial charge in [-0.15, -0.1) is 0 Å². The molecule has 0 aliphatic heterocycles. The fourth-order valence-corrected chi connectivity index (χ4v) is 3.76. The van der Waals surface area contributed by atoms with Crippen LogP contribution in [0.1, 0.15) is 57.2 Å². The number of nitrogens with zero attached hydrogens (tertiary/aromatic N) is 1. The molecular formula is C25H32Cl2N2O2. The summed E-state index contributed by atoms with van der Waals surface area (Å²) in [5.74, 6) is -0.291. The van der Waals surface area contributed by atoms with Crippen LogP contribution in [0.3, 0.4) is 0 Å². The van der Waals surface area contributed by atoms with Crippen LogP contribution in [0.5, 0.6) is 0 Å². The molecule has 0 radical (unpaired) electrons. The number of nitrogens with one attached hydrogen (secondary N) is 1. The number of benzene rings is 2. The molecule has 2 rings (SSSR count). The summed E-state index contributed by atoms with van der Waals surface area (Å²) in [6, 6.07) is 12.9. The Balaban J connectivity index is 2.20. The predicted octanol–water partition coefficient (Wildman–Crippen LogP) is 5.82. The topological polar surface area (TPSA) is 49.4 Å². The van der Waals surface area contributed by atoms with Gasteiger partial charge in [0.15, 0.2) is 0 Å². The summed E-state index contributed by atoms with van der Waals surface area (Å²) < 4.78 is 0. The van der Waals surface area contributed by atoms with E-state index in [1.54, 1.807) is 30.0 Å². The Hall–Kier alpha value is -2.04. The fraction of sp³-hybridized carbons (Fsp3) is 0.440. The highest BCUT2D eigenvalue weighted by atomic mass is 35.5. The van der Waals surface area contributed by atoms with Crippen LogP contribution in [0.4, 0.5) is 0 Å². The highest BCUT2D eigenvalue weighted by Crippen LogP contribution is 2.27. The highest BCUT2D eigenvalue weighted by molar-refractivity contribution is 6.36. The van der Waals surface area contributed by atoms with E-state index in [-0.39, 0.29) is 24.4 Å². The van der Waals surface area contributed by atoms with Crippen LogP contribution in [-0.2, 0) is 29.0 Å². The largest absolute Gasteiger partial charge is 0.352 e. The van der Waals surface area contributed by atoms with E-state index < -0.39 is 6.04 Å². The highest BCUT2D eigenvalue weighted by Gasteiger charge is 2.27. The van der Waals surface area contributed by atoms with Crippen molar-refractivity contribution in [1.29, 1.82) is 0 Å². The van der Waals surface area contributed by atoms with Crippen LogP contribution in [0.2, 0.25) is 10.0 Å². The number of rotatable bonds is 10. The normalized spacial score (nSPS) is 12.8. The Labute approximate surface area is 195 Å². The van der Waals surface area contributed by atoms with E-state index in [1.165, 1.54) is 5.56 Å². The zero-order valence-electron chi connectivity index (χ0n) is 18.8. The lowest BCUT2D eigenvalue weighted by Crippen LogP contribution is -2.49. The van der Waals surface area contributed by atoms with E-state index >= 15 is 0 Å². The van der Waals surface area contributed by atoms with Crippen molar-refractivity contribution in [3.8, 4) is 0 Å². The summed E-state index contributed by atoms with van der Waals surface area (Å²) in [5, 5.41) is 3.93. The third-order valence-corrected chi connectivity index (χ3v) is 6.33. The van der Waals surface area contributed by atoms with Crippen molar-refractivity contribution < 1.29 is 9.59 Å². The Morgan fingerprint density at radius 3 is 2.10 bits per heavy atom. The van der Waals surface area contributed by atoms with Gasteiger partial charge in [0.05, 0.1) is 0 Å². The van der Waals surface area contributed by atoms with Gasteiger partial charge >= 0.3 is 0 Å². The summed E-state index contributed by atoms with van der Waals surface area (Å²) >= 11 is 12.7. The second-order valence-electron chi connectivity index (χ2n) is 7.89. The molecule has 2 aromatic carbocycles. The van der Waals surface area contributed by atoms with Crippen molar-refractivity contribution in [3.63, 3.8) is 0 Å². The van der Waals surface area contributed by atoms with Crippen molar-refractivity contribution in [2.24, 2.45) is 0 Å². The Morgan fingerprint density at radius 1 is 0.968 bits per heavy atom. The zero-order valence-corrected chi connectivity index (χ0v) is 20.3. The quantitative estimate of drug-likeness (QED) is 0.483. The minimum absolute atomic E-state index is 0.0351. The van der Waals surface area contributed by atoms with Gasteiger partial charge in [0, 0.05) is 34.6 Å². The molecule has 31 heavy (non-hydrogen) atoms. The van der Waals surface area contributed by atoms with Crippen molar-refractivity contribution in [3.05, 3.63) is 69.2 Å². The second-order valence-corrected chi connectivity index (χ2v) is 8.70. The summed E-state index contributed by atoms with van der Waals surface area (Å²) in [4.78, 5) is 27.6. The van der Waals surface area contributed by atoms with E-state index in [0.29, 0.717) is 28.5 Å². The molecule has 0 heterocycles. The van der Waals surface area contributed by atoms with Crippen LogP contribution < -0.4 is 5.32 Å². The number of carbonyl (C=O) groups excluding carboxylic acids is 2. The van der Waals surface area contributed by atoms with Crippen molar-refractivity contribution >= 4 is 35.0 Å². The first kappa shape index (κ1) is 25.2. The number of aryl methyl sites for hydroxylation is 2. The zero-order chi connectivity index (χ0) is 23.0. The molecule has 0 aromatic heterocycles. The van der Waals surface area contributed by atoms with E-state index in [1.807, 2.05) is 13.8 Å². The monoisotopic (exact) mass is 462 g/mol. The van der Waals surface area contributed by atoms with Crippen LogP contribution in [0, 0.1) is 0 Å². The molecule has 0 aliphatic rings. The molecule has 0 aliphatic carbocycles. The van der Waals surface area contributed by atoms with Gasteiger partial charge in [-0.25, -0.2) is 0 Å². The number of halogens is 2. The molecule has 0 unspecified atom stereocenters. The third-order valence-electron chi connectivity index (χ3n) is 5.62. The van der Waals surface area contributed by atoms with Gasteiger partial charge in [-0.3, -0.25) is 9.59 Å². The van der Waals surface area contributed by atoms with Crippen LogP contribution in [0.25, 0.3) is 0 Å². The molecule has 2 amide bonds. The molecular weight excluding hydrogens is 431 g/mol. The van der Waals surface area contributed by atoms with Gasteiger partial charge < -0.3 is 10.2 Å².